The van der Waals surface area contributed by atoms with Crippen LogP contribution in [0.4, 0.5) is 0 Å². The molecule has 1 atom stereocenters. The SMILES string of the molecule is C=CCCOC(CNC(C)(C)C)COC. The number of rotatable bonds is 8. The van der Waals surface area contributed by atoms with Crippen molar-refractivity contribution in [2.24, 2.45) is 0 Å². The number of nitrogens with one attached hydrogen (secondary N) is 1. The van der Waals surface area contributed by atoms with Gasteiger partial charge in [0.2, 0.25) is 0 Å². The van der Waals surface area contributed by atoms with Crippen LogP contribution in [0.15, 0.2) is 12.7 Å². The average Bonchev–Trinajstić information content (AvgIpc) is 2.13. The van der Waals surface area contributed by atoms with Gasteiger partial charge in [-0.15, -0.1) is 6.58 Å². The maximum atomic E-state index is 5.66. The van der Waals surface area contributed by atoms with E-state index in [-0.39, 0.29) is 11.6 Å². The van der Waals surface area contributed by atoms with E-state index in [0.29, 0.717) is 13.2 Å². The van der Waals surface area contributed by atoms with Gasteiger partial charge >= 0.3 is 0 Å². The van der Waals surface area contributed by atoms with Crippen molar-refractivity contribution in [1.82, 2.24) is 5.32 Å². The first kappa shape index (κ1) is 14.6. The Hall–Kier alpha value is -0.380. The Balaban J connectivity index is 3.77. The minimum absolute atomic E-state index is 0.119. The molecule has 3 heteroatoms. The summed E-state index contributed by atoms with van der Waals surface area (Å²) in [7, 11) is 1.70. The summed E-state index contributed by atoms with van der Waals surface area (Å²) in [5, 5.41) is 3.40. The lowest BCUT2D eigenvalue weighted by Crippen LogP contribution is -2.43. The van der Waals surface area contributed by atoms with Gasteiger partial charge in [-0.3, -0.25) is 0 Å². The number of ether oxygens (including phenoxy) is 2. The van der Waals surface area contributed by atoms with Crippen LogP contribution in [0, 0.1) is 0 Å². The molecule has 0 saturated heterocycles. The molecule has 0 aliphatic carbocycles. The lowest BCUT2D eigenvalue weighted by Gasteiger charge is -2.25. The van der Waals surface area contributed by atoms with Gasteiger partial charge in [-0.2, -0.15) is 0 Å². The maximum Gasteiger partial charge on any atom is 0.0932 e. The van der Waals surface area contributed by atoms with Crippen molar-refractivity contribution in [3.8, 4) is 0 Å². The molecule has 0 aromatic rings. The number of methoxy groups -OCH3 is 1. The minimum Gasteiger partial charge on any atom is -0.382 e. The average molecular weight is 215 g/mol. The summed E-state index contributed by atoms with van der Waals surface area (Å²) in [5.74, 6) is 0. The Morgan fingerprint density at radius 3 is 2.53 bits per heavy atom. The lowest BCUT2D eigenvalue weighted by molar-refractivity contribution is -0.00180. The largest absolute Gasteiger partial charge is 0.382 e. The predicted octanol–water partition coefficient (Wildman–Crippen LogP) is 1.98. The third kappa shape index (κ3) is 9.91. The van der Waals surface area contributed by atoms with Crippen LogP contribution in [0.5, 0.6) is 0 Å². The van der Waals surface area contributed by atoms with Gasteiger partial charge < -0.3 is 14.8 Å². The highest BCUT2D eigenvalue weighted by Crippen LogP contribution is 2.01. The maximum absolute atomic E-state index is 5.66. The summed E-state index contributed by atoms with van der Waals surface area (Å²) in [4.78, 5) is 0. The summed E-state index contributed by atoms with van der Waals surface area (Å²) < 4.78 is 10.8. The molecule has 0 bridgehead atoms. The third-order valence-corrected chi connectivity index (χ3v) is 1.89. The van der Waals surface area contributed by atoms with Crippen LogP contribution >= 0.6 is 0 Å². The number of hydrogen-bond acceptors (Lipinski definition) is 3. The van der Waals surface area contributed by atoms with Crippen molar-refractivity contribution in [3.05, 3.63) is 12.7 Å². The van der Waals surface area contributed by atoms with Crippen molar-refractivity contribution in [1.29, 1.82) is 0 Å². The van der Waals surface area contributed by atoms with Gasteiger partial charge in [0.15, 0.2) is 0 Å². The molecule has 3 nitrogen and oxygen atoms in total. The molecule has 0 amide bonds. The molecule has 0 aliphatic rings. The fraction of sp³-hybridized carbons (Fsp3) is 0.833. The van der Waals surface area contributed by atoms with Crippen molar-refractivity contribution in [2.75, 3.05) is 26.9 Å². The lowest BCUT2D eigenvalue weighted by atomic mass is 10.1. The molecular formula is C12H25NO2. The first-order valence-electron chi connectivity index (χ1n) is 5.46. The molecule has 0 fully saturated rings. The highest BCUT2D eigenvalue weighted by molar-refractivity contribution is 4.74. The van der Waals surface area contributed by atoms with Crippen LogP contribution < -0.4 is 5.32 Å². The van der Waals surface area contributed by atoms with Crippen LogP contribution in [-0.2, 0) is 9.47 Å². The molecule has 0 aliphatic heterocycles. The van der Waals surface area contributed by atoms with Gasteiger partial charge in [0, 0.05) is 19.2 Å². The summed E-state index contributed by atoms with van der Waals surface area (Å²) in [6, 6.07) is 0. The summed E-state index contributed by atoms with van der Waals surface area (Å²) in [6.07, 6.45) is 2.87. The summed E-state index contributed by atoms with van der Waals surface area (Å²) >= 11 is 0. The Morgan fingerprint density at radius 2 is 2.07 bits per heavy atom. The van der Waals surface area contributed by atoms with E-state index in [4.69, 9.17) is 9.47 Å². The summed E-state index contributed by atoms with van der Waals surface area (Å²) in [6.45, 7) is 12.2. The van der Waals surface area contributed by atoms with E-state index in [1.54, 1.807) is 7.11 Å². The van der Waals surface area contributed by atoms with Crippen LogP contribution in [0.3, 0.4) is 0 Å². The smallest absolute Gasteiger partial charge is 0.0932 e. The molecule has 15 heavy (non-hydrogen) atoms. The third-order valence-electron chi connectivity index (χ3n) is 1.89. The Bertz CT molecular complexity index is 163. The molecule has 90 valence electrons. The predicted molar refractivity (Wildman–Crippen MR) is 64.2 cm³/mol. The molecule has 0 aromatic carbocycles. The quantitative estimate of drug-likeness (QED) is 0.496. The topological polar surface area (TPSA) is 30.5 Å². The molecule has 1 N–H and O–H groups in total. The molecule has 0 saturated carbocycles. The van der Waals surface area contributed by atoms with E-state index in [1.165, 1.54) is 0 Å². The van der Waals surface area contributed by atoms with Crippen LogP contribution in [0.25, 0.3) is 0 Å². The Labute approximate surface area is 93.8 Å². The van der Waals surface area contributed by atoms with Gasteiger partial charge in [0.1, 0.15) is 0 Å². The van der Waals surface area contributed by atoms with E-state index >= 15 is 0 Å². The van der Waals surface area contributed by atoms with E-state index in [9.17, 15) is 0 Å². The van der Waals surface area contributed by atoms with Gasteiger partial charge in [-0.25, -0.2) is 0 Å². The van der Waals surface area contributed by atoms with Crippen LogP contribution in [-0.4, -0.2) is 38.5 Å². The fourth-order valence-corrected chi connectivity index (χ4v) is 1.09. The molecule has 0 rings (SSSR count). The fourth-order valence-electron chi connectivity index (χ4n) is 1.09. The Kier molecular flexibility index (Phi) is 7.65. The first-order valence-corrected chi connectivity index (χ1v) is 5.46. The zero-order valence-electron chi connectivity index (χ0n) is 10.5. The monoisotopic (exact) mass is 215 g/mol. The van der Waals surface area contributed by atoms with Gasteiger partial charge in [-0.05, 0) is 27.2 Å². The van der Waals surface area contributed by atoms with Crippen molar-refractivity contribution in [3.63, 3.8) is 0 Å². The second-order valence-electron chi connectivity index (χ2n) is 4.66. The first-order chi connectivity index (χ1) is 6.99. The number of hydrogen-bond donors (Lipinski definition) is 1. The molecule has 1 unspecified atom stereocenters. The molecular weight excluding hydrogens is 190 g/mol. The zero-order chi connectivity index (χ0) is 11.7. The van der Waals surface area contributed by atoms with Gasteiger partial charge in [0.05, 0.1) is 19.3 Å². The van der Waals surface area contributed by atoms with Crippen molar-refractivity contribution >= 4 is 0 Å². The van der Waals surface area contributed by atoms with Crippen LogP contribution in [0.1, 0.15) is 27.2 Å². The van der Waals surface area contributed by atoms with Gasteiger partial charge in [-0.1, -0.05) is 6.08 Å². The molecule has 0 spiro atoms. The van der Waals surface area contributed by atoms with E-state index in [2.05, 4.69) is 32.7 Å². The standard InChI is InChI=1S/C12H25NO2/c1-6-7-8-15-11(10-14-5)9-13-12(2,3)4/h6,11,13H,1,7-10H2,2-5H3. The Morgan fingerprint density at radius 1 is 1.40 bits per heavy atom. The van der Waals surface area contributed by atoms with Crippen molar-refractivity contribution in [2.45, 2.75) is 38.8 Å². The van der Waals surface area contributed by atoms with E-state index < -0.39 is 0 Å². The molecule has 0 radical (unpaired) electrons. The minimum atomic E-state index is 0.119. The van der Waals surface area contributed by atoms with E-state index in [0.717, 1.165) is 13.0 Å². The molecule has 0 heterocycles. The zero-order valence-corrected chi connectivity index (χ0v) is 10.5. The van der Waals surface area contributed by atoms with Crippen molar-refractivity contribution < 1.29 is 9.47 Å². The highest BCUT2D eigenvalue weighted by Gasteiger charge is 2.14. The van der Waals surface area contributed by atoms with Gasteiger partial charge in [0.25, 0.3) is 0 Å². The van der Waals surface area contributed by atoms with Crippen LogP contribution in [0.2, 0.25) is 0 Å². The second kappa shape index (κ2) is 7.85. The summed E-state index contributed by atoms with van der Waals surface area (Å²) in [5.41, 5.74) is 0.119. The normalized spacial score (nSPS) is 13.9. The van der Waals surface area contributed by atoms with E-state index in [1.807, 2.05) is 6.08 Å². The molecule has 0 aromatic heterocycles. The second-order valence-corrected chi connectivity index (χ2v) is 4.66. The highest BCUT2D eigenvalue weighted by atomic mass is 16.5.